The number of amides is 1. The summed E-state index contributed by atoms with van der Waals surface area (Å²) in [6.45, 7) is 2.74. The predicted octanol–water partition coefficient (Wildman–Crippen LogP) is 4.07. The number of rotatable bonds is 7. The lowest BCUT2D eigenvalue weighted by atomic mass is 10.3. The molecule has 9 heteroatoms. The summed E-state index contributed by atoms with van der Waals surface area (Å²) >= 11 is 7.20. The molecule has 0 saturated heterocycles. The SMILES string of the molecule is CCCn1c(=NC(=O)CCS(=O)(=O)c2ccc(Cl)cc2)sc2ccc(OC)cc21. The van der Waals surface area contributed by atoms with E-state index in [0.717, 1.165) is 22.4 Å². The van der Waals surface area contributed by atoms with Gasteiger partial charge in [-0.25, -0.2) is 8.42 Å². The van der Waals surface area contributed by atoms with Gasteiger partial charge in [0, 0.05) is 24.1 Å². The molecule has 3 aromatic rings. The van der Waals surface area contributed by atoms with Gasteiger partial charge in [-0.1, -0.05) is 29.9 Å². The van der Waals surface area contributed by atoms with Crippen molar-refractivity contribution in [2.24, 2.45) is 4.99 Å². The number of carbonyl (C=O) groups is 1. The maximum Gasteiger partial charge on any atom is 0.249 e. The van der Waals surface area contributed by atoms with E-state index >= 15 is 0 Å². The molecule has 0 radical (unpaired) electrons. The number of methoxy groups -OCH3 is 1. The summed E-state index contributed by atoms with van der Waals surface area (Å²) in [7, 11) is -1.97. The van der Waals surface area contributed by atoms with Crippen LogP contribution in [0.2, 0.25) is 5.02 Å². The summed E-state index contributed by atoms with van der Waals surface area (Å²) in [5, 5.41) is 0.455. The standard InChI is InChI=1S/C20H21ClN2O4S2/c1-3-11-23-17-13-15(27-2)6-9-18(17)28-20(23)22-19(24)10-12-29(25,26)16-7-4-14(21)5-8-16/h4-9,13H,3,10-12H2,1-2H3. The molecule has 0 N–H and O–H groups in total. The van der Waals surface area contributed by atoms with Crippen molar-refractivity contribution < 1.29 is 17.9 Å². The average Bonchev–Trinajstić information content (AvgIpc) is 3.03. The number of aryl methyl sites for hydroxylation is 1. The smallest absolute Gasteiger partial charge is 0.249 e. The topological polar surface area (TPSA) is 77.7 Å². The van der Waals surface area contributed by atoms with E-state index in [4.69, 9.17) is 16.3 Å². The summed E-state index contributed by atoms with van der Waals surface area (Å²) in [6, 6.07) is 11.6. The number of fused-ring (bicyclic) bond motifs is 1. The number of thiazole rings is 1. The molecule has 0 spiro atoms. The highest BCUT2D eigenvalue weighted by molar-refractivity contribution is 7.91. The zero-order valence-electron chi connectivity index (χ0n) is 16.1. The van der Waals surface area contributed by atoms with Crippen molar-refractivity contribution in [3.8, 4) is 5.75 Å². The number of benzene rings is 2. The minimum absolute atomic E-state index is 0.143. The van der Waals surface area contributed by atoms with E-state index < -0.39 is 15.7 Å². The predicted molar refractivity (Wildman–Crippen MR) is 115 cm³/mol. The Labute approximate surface area is 178 Å². The molecule has 3 rings (SSSR count). The van der Waals surface area contributed by atoms with Crippen LogP contribution in [0, 0.1) is 0 Å². The van der Waals surface area contributed by atoms with Crippen molar-refractivity contribution in [2.75, 3.05) is 12.9 Å². The van der Waals surface area contributed by atoms with E-state index in [-0.39, 0.29) is 17.1 Å². The van der Waals surface area contributed by atoms with E-state index in [1.807, 2.05) is 29.7 Å². The van der Waals surface area contributed by atoms with E-state index in [2.05, 4.69) is 4.99 Å². The molecule has 0 aliphatic rings. The van der Waals surface area contributed by atoms with Gasteiger partial charge in [-0.3, -0.25) is 4.79 Å². The van der Waals surface area contributed by atoms with Gasteiger partial charge in [-0.05, 0) is 42.8 Å². The Morgan fingerprint density at radius 1 is 1.21 bits per heavy atom. The first-order valence-electron chi connectivity index (χ1n) is 9.07. The zero-order chi connectivity index (χ0) is 21.0. The first kappa shape index (κ1) is 21.5. The van der Waals surface area contributed by atoms with Crippen LogP contribution in [-0.4, -0.2) is 31.8 Å². The maximum atomic E-state index is 12.4. The number of hydrogen-bond acceptors (Lipinski definition) is 5. The molecule has 2 aromatic carbocycles. The highest BCUT2D eigenvalue weighted by Crippen LogP contribution is 2.23. The fourth-order valence-electron chi connectivity index (χ4n) is 2.84. The Morgan fingerprint density at radius 3 is 2.59 bits per heavy atom. The Morgan fingerprint density at radius 2 is 1.93 bits per heavy atom. The Bertz CT molecular complexity index is 1200. The minimum atomic E-state index is -3.58. The fraction of sp³-hybridized carbons (Fsp3) is 0.300. The van der Waals surface area contributed by atoms with E-state index in [9.17, 15) is 13.2 Å². The first-order valence-corrected chi connectivity index (χ1v) is 11.9. The lowest BCUT2D eigenvalue weighted by molar-refractivity contribution is -0.117. The van der Waals surface area contributed by atoms with Gasteiger partial charge in [-0.2, -0.15) is 4.99 Å². The number of aromatic nitrogens is 1. The summed E-state index contributed by atoms with van der Waals surface area (Å²) in [5.41, 5.74) is 0.941. The van der Waals surface area contributed by atoms with Gasteiger partial charge >= 0.3 is 0 Å². The lowest BCUT2D eigenvalue weighted by Crippen LogP contribution is -2.18. The normalized spacial score (nSPS) is 12.4. The van der Waals surface area contributed by atoms with Crippen molar-refractivity contribution >= 4 is 48.9 Å². The second-order valence-electron chi connectivity index (χ2n) is 6.40. The molecule has 0 aliphatic carbocycles. The van der Waals surface area contributed by atoms with Crippen molar-refractivity contribution in [1.82, 2.24) is 4.57 Å². The third-order valence-corrected chi connectivity index (χ3v) is 7.36. The quantitative estimate of drug-likeness (QED) is 0.541. The van der Waals surface area contributed by atoms with Gasteiger partial charge in [0.25, 0.3) is 0 Å². The van der Waals surface area contributed by atoms with E-state index in [1.165, 1.54) is 35.6 Å². The van der Waals surface area contributed by atoms with Gasteiger partial charge < -0.3 is 9.30 Å². The number of sulfone groups is 1. The van der Waals surface area contributed by atoms with Gasteiger partial charge in [-0.15, -0.1) is 0 Å². The van der Waals surface area contributed by atoms with Crippen LogP contribution >= 0.6 is 22.9 Å². The van der Waals surface area contributed by atoms with Crippen molar-refractivity contribution in [2.45, 2.75) is 31.2 Å². The average molecular weight is 453 g/mol. The molecule has 0 unspecified atom stereocenters. The third-order valence-electron chi connectivity index (χ3n) is 4.31. The molecule has 0 atom stereocenters. The number of carbonyl (C=O) groups excluding carboxylic acids is 1. The molecule has 0 saturated carbocycles. The molecule has 0 fully saturated rings. The minimum Gasteiger partial charge on any atom is -0.497 e. The second-order valence-corrected chi connectivity index (χ2v) is 9.95. The van der Waals surface area contributed by atoms with Crippen molar-refractivity contribution in [3.63, 3.8) is 0 Å². The molecule has 1 amide bonds. The first-order chi connectivity index (χ1) is 13.8. The number of ether oxygens (including phenoxy) is 1. The summed E-state index contributed by atoms with van der Waals surface area (Å²) < 4.78 is 33.1. The Balaban J connectivity index is 1.85. The number of nitrogens with zero attached hydrogens (tertiary/aromatic N) is 2. The molecule has 1 aromatic heterocycles. The number of halogens is 1. The highest BCUT2D eigenvalue weighted by Gasteiger charge is 2.17. The monoisotopic (exact) mass is 452 g/mol. The van der Waals surface area contributed by atoms with Gasteiger partial charge in [0.15, 0.2) is 14.6 Å². The van der Waals surface area contributed by atoms with Crippen LogP contribution in [0.3, 0.4) is 0 Å². The van der Waals surface area contributed by atoms with Crippen LogP contribution in [0.25, 0.3) is 10.2 Å². The molecule has 6 nitrogen and oxygen atoms in total. The molecular weight excluding hydrogens is 432 g/mol. The molecular formula is C20H21ClN2O4S2. The van der Waals surface area contributed by atoms with Crippen LogP contribution in [0.1, 0.15) is 19.8 Å². The van der Waals surface area contributed by atoms with E-state index in [1.54, 1.807) is 7.11 Å². The molecule has 0 bridgehead atoms. The summed E-state index contributed by atoms with van der Waals surface area (Å²) in [4.78, 5) is 17.3. The summed E-state index contributed by atoms with van der Waals surface area (Å²) in [5.74, 6) is -0.0401. The van der Waals surface area contributed by atoms with Crippen LogP contribution in [0.5, 0.6) is 5.75 Å². The molecule has 1 heterocycles. The zero-order valence-corrected chi connectivity index (χ0v) is 18.5. The van der Waals surface area contributed by atoms with Gasteiger partial charge in [0.1, 0.15) is 5.75 Å². The fourth-order valence-corrected chi connectivity index (χ4v) is 5.25. The lowest BCUT2D eigenvalue weighted by Gasteiger charge is -2.05. The van der Waals surface area contributed by atoms with Crippen molar-refractivity contribution in [3.05, 3.63) is 52.3 Å². The van der Waals surface area contributed by atoms with Crippen molar-refractivity contribution in [1.29, 1.82) is 0 Å². The maximum absolute atomic E-state index is 12.4. The largest absolute Gasteiger partial charge is 0.497 e. The summed E-state index contributed by atoms with van der Waals surface area (Å²) in [6.07, 6.45) is 0.685. The van der Waals surface area contributed by atoms with Crippen LogP contribution < -0.4 is 9.54 Å². The molecule has 0 aliphatic heterocycles. The highest BCUT2D eigenvalue weighted by atomic mass is 35.5. The second kappa shape index (κ2) is 9.11. The molecule has 29 heavy (non-hydrogen) atoms. The van der Waals surface area contributed by atoms with Crippen LogP contribution in [0.4, 0.5) is 0 Å². The van der Waals surface area contributed by atoms with Crippen LogP contribution in [-0.2, 0) is 21.2 Å². The van der Waals surface area contributed by atoms with Gasteiger partial charge in [0.2, 0.25) is 5.91 Å². The molecule has 154 valence electrons. The Kier molecular flexibility index (Phi) is 6.77. The van der Waals surface area contributed by atoms with E-state index in [0.29, 0.717) is 16.4 Å². The van der Waals surface area contributed by atoms with Gasteiger partial charge in [0.05, 0.1) is 28.0 Å². The number of hydrogen-bond donors (Lipinski definition) is 0. The van der Waals surface area contributed by atoms with Crippen LogP contribution in [0.15, 0.2) is 52.4 Å². The third kappa shape index (κ3) is 5.07. The Hall–Kier alpha value is -2.16.